The van der Waals surface area contributed by atoms with Crippen LogP contribution >= 0.6 is 0 Å². The fourth-order valence-corrected chi connectivity index (χ4v) is 1.42. The Bertz CT molecular complexity index is 328. The summed E-state index contributed by atoms with van der Waals surface area (Å²) in [5, 5.41) is 6.37. The van der Waals surface area contributed by atoms with Crippen molar-refractivity contribution in [2.45, 2.75) is 26.3 Å². The Morgan fingerprint density at radius 1 is 1.44 bits per heavy atom. The van der Waals surface area contributed by atoms with Crippen LogP contribution < -0.4 is 10.6 Å². The molecule has 1 aromatic rings. The first-order valence-electron chi connectivity index (χ1n) is 5.41. The molecular weight excluding hydrogens is 204 g/mol. The number of rotatable bonds is 6. The fraction of sp³-hybridized carbons (Fsp3) is 0.636. The number of hydrogen-bond donors (Lipinski definition) is 2. The predicted molar refractivity (Wildman–Crippen MR) is 65.8 cm³/mol. The summed E-state index contributed by atoms with van der Waals surface area (Å²) in [7, 11) is 1.69. The van der Waals surface area contributed by atoms with Crippen LogP contribution in [0, 0.1) is 0 Å². The summed E-state index contributed by atoms with van der Waals surface area (Å²) in [5.41, 5.74) is -0.146. The third-order valence-electron chi connectivity index (χ3n) is 1.96. The number of aromatic nitrogens is 2. The van der Waals surface area contributed by atoms with Crippen LogP contribution in [0.15, 0.2) is 12.3 Å². The second-order valence-corrected chi connectivity index (χ2v) is 4.24. The molecule has 1 rings (SSSR count). The van der Waals surface area contributed by atoms with Crippen LogP contribution in [-0.2, 0) is 4.74 Å². The third-order valence-corrected chi connectivity index (χ3v) is 1.96. The minimum absolute atomic E-state index is 0.146. The van der Waals surface area contributed by atoms with E-state index in [1.54, 1.807) is 13.3 Å². The van der Waals surface area contributed by atoms with Crippen LogP contribution in [-0.4, -0.2) is 35.8 Å². The Hall–Kier alpha value is -1.36. The van der Waals surface area contributed by atoms with E-state index in [9.17, 15) is 0 Å². The summed E-state index contributed by atoms with van der Waals surface area (Å²) in [4.78, 5) is 8.45. The van der Waals surface area contributed by atoms with Gasteiger partial charge in [0.1, 0.15) is 5.82 Å². The molecule has 0 unspecified atom stereocenters. The molecular formula is C11H20N4O. The minimum Gasteiger partial charge on any atom is -0.382 e. The van der Waals surface area contributed by atoms with E-state index in [1.807, 2.05) is 13.0 Å². The molecule has 16 heavy (non-hydrogen) atoms. The summed E-state index contributed by atoms with van der Waals surface area (Å²) in [6.45, 7) is 7.56. The molecule has 1 heterocycles. The molecule has 1 aromatic heterocycles. The Labute approximate surface area is 96.6 Å². The molecule has 0 saturated heterocycles. The van der Waals surface area contributed by atoms with Gasteiger partial charge >= 0.3 is 0 Å². The summed E-state index contributed by atoms with van der Waals surface area (Å²) in [5.74, 6) is 1.44. The average molecular weight is 224 g/mol. The van der Waals surface area contributed by atoms with Gasteiger partial charge in [0.15, 0.2) is 0 Å². The molecule has 2 N–H and O–H groups in total. The van der Waals surface area contributed by atoms with Gasteiger partial charge in [-0.05, 0) is 26.8 Å². The van der Waals surface area contributed by atoms with Gasteiger partial charge < -0.3 is 15.4 Å². The lowest BCUT2D eigenvalue weighted by Gasteiger charge is -2.25. The molecule has 0 atom stereocenters. The first kappa shape index (κ1) is 12.7. The van der Waals surface area contributed by atoms with Gasteiger partial charge in [-0.3, -0.25) is 0 Å². The summed E-state index contributed by atoms with van der Waals surface area (Å²) >= 11 is 0. The van der Waals surface area contributed by atoms with Crippen LogP contribution in [0.1, 0.15) is 20.8 Å². The zero-order valence-electron chi connectivity index (χ0n) is 10.4. The maximum atomic E-state index is 5.14. The van der Waals surface area contributed by atoms with Gasteiger partial charge in [-0.1, -0.05) is 0 Å². The Morgan fingerprint density at radius 3 is 2.81 bits per heavy atom. The summed E-state index contributed by atoms with van der Waals surface area (Å²) in [6, 6.07) is 1.85. The van der Waals surface area contributed by atoms with Crippen LogP contribution in [0.2, 0.25) is 0 Å². The molecule has 0 spiro atoms. The first-order chi connectivity index (χ1) is 7.57. The largest absolute Gasteiger partial charge is 0.382 e. The third kappa shape index (κ3) is 4.02. The molecule has 0 fully saturated rings. The maximum Gasteiger partial charge on any atom is 0.224 e. The van der Waals surface area contributed by atoms with Gasteiger partial charge in [0, 0.05) is 19.9 Å². The smallest absolute Gasteiger partial charge is 0.224 e. The number of ether oxygens (including phenoxy) is 1. The number of hydrogen-bond acceptors (Lipinski definition) is 5. The van der Waals surface area contributed by atoms with Gasteiger partial charge in [0.05, 0.1) is 12.1 Å². The molecule has 0 aliphatic carbocycles. The highest BCUT2D eigenvalue weighted by molar-refractivity contribution is 5.41. The molecule has 0 aliphatic rings. The van der Waals surface area contributed by atoms with E-state index < -0.39 is 0 Å². The van der Waals surface area contributed by atoms with Crippen molar-refractivity contribution in [3.05, 3.63) is 12.3 Å². The van der Waals surface area contributed by atoms with E-state index in [1.165, 1.54) is 0 Å². The van der Waals surface area contributed by atoms with E-state index >= 15 is 0 Å². The topological polar surface area (TPSA) is 59.1 Å². The van der Waals surface area contributed by atoms with Crippen LogP contribution in [0.25, 0.3) is 0 Å². The molecule has 5 nitrogen and oxygen atoms in total. The van der Waals surface area contributed by atoms with Crippen LogP contribution in [0.3, 0.4) is 0 Å². The van der Waals surface area contributed by atoms with E-state index in [0.29, 0.717) is 12.6 Å². The van der Waals surface area contributed by atoms with Crippen molar-refractivity contribution in [2.75, 3.05) is 30.9 Å². The van der Waals surface area contributed by atoms with Gasteiger partial charge in [-0.25, -0.2) is 4.98 Å². The lowest BCUT2D eigenvalue weighted by Crippen LogP contribution is -2.36. The highest BCUT2D eigenvalue weighted by atomic mass is 16.5. The van der Waals surface area contributed by atoms with E-state index in [-0.39, 0.29) is 5.54 Å². The van der Waals surface area contributed by atoms with Crippen molar-refractivity contribution >= 4 is 11.8 Å². The minimum atomic E-state index is -0.146. The second kappa shape index (κ2) is 5.65. The molecule has 0 bridgehead atoms. The van der Waals surface area contributed by atoms with Crippen LogP contribution in [0.4, 0.5) is 11.8 Å². The zero-order valence-corrected chi connectivity index (χ0v) is 10.4. The van der Waals surface area contributed by atoms with Crippen molar-refractivity contribution in [1.82, 2.24) is 9.97 Å². The molecule has 0 radical (unpaired) electrons. The number of methoxy groups -OCH3 is 1. The SMILES string of the molecule is CCNc1nccc(NC(C)(C)COC)n1. The highest BCUT2D eigenvalue weighted by Gasteiger charge is 2.17. The first-order valence-corrected chi connectivity index (χ1v) is 5.41. The summed E-state index contributed by atoms with van der Waals surface area (Å²) < 4.78 is 5.14. The molecule has 0 aromatic carbocycles. The molecule has 0 aliphatic heterocycles. The molecule has 90 valence electrons. The monoisotopic (exact) mass is 224 g/mol. The Balaban J connectivity index is 2.69. The Kier molecular flexibility index (Phi) is 4.49. The quantitative estimate of drug-likeness (QED) is 0.771. The second-order valence-electron chi connectivity index (χ2n) is 4.24. The van der Waals surface area contributed by atoms with Gasteiger partial charge in [0.2, 0.25) is 5.95 Å². The fourth-order valence-electron chi connectivity index (χ4n) is 1.42. The summed E-state index contributed by atoms with van der Waals surface area (Å²) in [6.07, 6.45) is 1.73. The number of nitrogens with zero attached hydrogens (tertiary/aromatic N) is 2. The van der Waals surface area contributed by atoms with Gasteiger partial charge in [-0.2, -0.15) is 4.98 Å². The number of anilines is 2. The standard InChI is InChI=1S/C11H20N4O/c1-5-12-10-13-7-6-9(14-10)15-11(2,3)8-16-4/h6-7H,5,8H2,1-4H3,(H2,12,13,14,15). The van der Waals surface area contributed by atoms with E-state index in [4.69, 9.17) is 4.74 Å². The highest BCUT2D eigenvalue weighted by Crippen LogP contribution is 2.13. The normalized spacial score (nSPS) is 11.2. The lowest BCUT2D eigenvalue weighted by atomic mass is 10.1. The zero-order chi connectivity index (χ0) is 12.0. The van der Waals surface area contributed by atoms with Crippen molar-refractivity contribution < 1.29 is 4.74 Å². The predicted octanol–water partition coefficient (Wildman–Crippen LogP) is 1.75. The Morgan fingerprint density at radius 2 is 2.19 bits per heavy atom. The van der Waals surface area contributed by atoms with Crippen molar-refractivity contribution in [2.24, 2.45) is 0 Å². The van der Waals surface area contributed by atoms with E-state index in [0.717, 1.165) is 12.4 Å². The molecule has 0 amide bonds. The maximum absolute atomic E-state index is 5.14. The van der Waals surface area contributed by atoms with Crippen molar-refractivity contribution in [3.63, 3.8) is 0 Å². The van der Waals surface area contributed by atoms with Crippen molar-refractivity contribution in [1.29, 1.82) is 0 Å². The van der Waals surface area contributed by atoms with Crippen molar-refractivity contribution in [3.8, 4) is 0 Å². The average Bonchev–Trinajstić information content (AvgIpc) is 2.17. The lowest BCUT2D eigenvalue weighted by molar-refractivity contribution is 0.158. The molecule has 5 heteroatoms. The van der Waals surface area contributed by atoms with Gasteiger partial charge in [0.25, 0.3) is 0 Å². The van der Waals surface area contributed by atoms with Gasteiger partial charge in [-0.15, -0.1) is 0 Å². The van der Waals surface area contributed by atoms with E-state index in [2.05, 4.69) is 34.4 Å². The van der Waals surface area contributed by atoms with Crippen LogP contribution in [0.5, 0.6) is 0 Å². The number of nitrogens with one attached hydrogen (secondary N) is 2. The molecule has 0 saturated carbocycles.